The molecule has 2 N–H and O–H groups in total. The van der Waals surface area contributed by atoms with E-state index >= 15 is 0 Å². The number of amides is 1. The summed E-state index contributed by atoms with van der Waals surface area (Å²) in [5, 5.41) is 19.4. The molecule has 1 amide bonds. The van der Waals surface area contributed by atoms with Crippen molar-refractivity contribution in [3.05, 3.63) is 11.8 Å². The van der Waals surface area contributed by atoms with Crippen LogP contribution in [0, 0.1) is 11.3 Å². The summed E-state index contributed by atoms with van der Waals surface area (Å²) in [6, 6.07) is 0. The van der Waals surface area contributed by atoms with E-state index in [9.17, 15) is 24.6 Å². The van der Waals surface area contributed by atoms with Crippen molar-refractivity contribution in [1.82, 2.24) is 9.80 Å². The zero-order valence-corrected chi connectivity index (χ0v) is 13.9. The second kappa shape index (κ2) is 5.62. The number of carbonyl (C=O) groups excluding carboxylic acids is 1. The Balaban J connectivity index is 3.73. The van der Waals surface area contributed by atoms with Crippen LogP contribution in [0.3, 0.4) is 0 Å². The van der Waals surface area contributed by atoms with Crippen molar-refractivity contribution in [1.29, 1.82) is 0 Å². The van der Waals surface area contributed by atoms with Crippen LogP contribution in [0.2, 0.25) is 0 Å². The maximum atomic E-state index is 12.3. The lowest BCUT2D eigenvalue weighted by Gasteiger charge is -2.44. The van der Waals surface area contributed by atoms with Gasteiger partial charge in [0.05, 0.1) is 12.1 Å². The maximum Gasteiger partial charge on any atom is 0.408 e. The van der Waals surface area contributed by atoms with Crippen molar-refractivity contribution in [2.45, 2.75) is 33.2 Å². The number of ketones is 1. The van der Waals surface area contributed by atoms with Gasteiger partial charge < -0.3 is 15.1 Å². The molecule has 7 heteroatoms. The van der Waals surface area contributed by atoms with Crippen molar-refractivity contribution in [2.24, 2.45) is 11.3 Å². The third-order valence-electron chi connectivity index (χ3n) is 4.31. The molecule has 2 unspecified atom stereocenters. The Morgan fingerprint density at radius 3 is 2.14 bits per heavy atom. The summed E-state index contributed by atoms with van der Waals surface area (Å²) >= 11 is 0. The fourth-order valence-corrected chi connectivity index (χ4v) is 2.87. The highest BCUT2D eigenvalue weighted by Gasteiger charge is 2.63. The van der Waals surface area contributed by atoms with Crippen LogP contribution in [-0.2, 0) is 9.59 Å². The third kappa shape index (κ3) is 2.67. The molecule has 1 fully saturated rings. The Morgan fingerprint density at radius 1 is 1.32 bits per heavy atom. The van der Waals surface area contributed by atoms with E-state index in [1.807, 2.05) is 20.8 Å². The van der Waals surface area contributed by atoms with Crippen LogP contribution >= 0.6 is 0 Å². The Morgan fingerprint density at radius 2 is 1.82 bits per heavy atom. The quantitative estimate of drug-likeness (QED) is 0.766. The summed E-state index contributed by atoms with van der Waals surface area (Å²) in [4.78, 5) is 38.4. The van der Waals surface area contributed by atoms with Crippen LogP contribution < -0.4 is 0 Å². The summed E-state index contributed by atoms with van der Waals surface area (Å²) in [5.41, 5.74) is -2.39. The van der Waals surface area contributed by atoms with Crippen molar-refractivity contribution in [3.8, 4) is 0 Å². The van der Waals surface area contributed by atoms with Crippen molar-refractivity contribution in [3.63, 3.8) is 0 Å². The van der Waals surface area contributed by atoms with Gasteiger partial charge in [-0.2, -0.15) is 0 Å². The fraction of sp³-hybridized carbons (Fsp3) is 0.667. The molecule has 1 aliphatic rings. The SMILES string of the molecule is CC(C(C)(C)C)C1(C(=O)O)/C(=C\N(C)C)C(=O)CN1C(=O)O. The van der Waals surface area contributed by atoms with Crippen molar-refractivity contribution in [2.75, 3.05) is 20.6 Å². The summed E-state index contributed by atoms with van der Waals surface area (Å²) in [7, 11) is 3.33. The van der Waals surface area contributed by atoms with Gasteiger partial charge in [-0.05, 0) is 11.3 Å². The molecule has 0 aliphatic carbocycles. The monoisotopic (exact) mass is 312 g/mol. The van der Waals surface area contributed by atoms with Crippen LogP contribution in [0.15, 0.2) is 11.8 Å². The van der Waals surface area contributed by atoms with Crippen LogP contribution in [0.1, 0.15) is 27.7 Å². The molecule has 0 saturated carbocycles. The first kappa shape index (κ1) is 18.0. The topological polar surface area (TPSA) is 98.2 Å². The minimum Gasteiger partial charge on any atom is -0.479 e. The van der Waals surface area contributed by atoms with E-state index < -0.39 is 41.3 Å². The smallest absolute Gasteiger partial charge is 0.408 e. The normalized spacial score (nSPS) is 25.5. The van der Waals surface area contributed by atoms with E-state index in [1.165, 1.54) is 6.20 Å². The predicted molar refractivity (Wildman–Crippen MR) is 80.5 cm³/mol. The molecule has 1 aliphatic heterocycles. The van der Waals surface area contributed by atoms with Gasteiger partial charge in [0.1, 0.15) is 0 Å². The van der Waals surface area contributed by atoms with Crippen LogP contribution in [0.5, 0.6) is 0 Å². The lowest BCUT2D eigenvalue weighted by molar-refractivity contribution is -0.152. The molecule has 0 bridgehead atoms. The summed E-state index contributed by atoms with van der Waals surface area (Å²) in [5.74, 6) is -2.41. The Bertz CT molecular complexity index is 533. The minimum absolute atomic E-state index is 0.00910. The first-order valence-electron chi connectivity index (χ1n) is 7.02. The van der Waals surface area contributed by atoms with E-state index in [4.69, 9.17) is 0 Å². The number of Topliss-reactive ketones (excluding diaryl/α,β-unsaturated/α-hetero) is 1. The van der Waals surface area contributed by atoms with Gasteiger partial charge in [0.25, 0.3) is 0 Å². The standard InChI is InChI=1S/C15H24N2O5/c1-9(14(2,3)4)15(12(19)20)10(7-16(5)6)11(18)8-17(15)13(21)22/h7,9H,8H2,1-6H3,(H,19,20)(H,21,22)/b10-7-. The zero-order valence-electron chi connectivity index (χ0n) is 13.9. The molecule has 22 heavy (non-hydrogen) atoms. The highest BCUT2D eigenvalue weighted by atomic mass is 16.4. The van der Waals surface area contributed by atoms with Gasteiger partial charge in [-0.1, -0.05) is 27.7 Å². The van der Waals surface area contributed by atoms with E-state index in [0.29, 0.717) is 0 Å². The third-order valence-corrected chi connectivity index (χ3v) is 4.31. The average Bonchev–Trinajstić information content (AvgIpc) is 2.61. The number of aliphatic carboxylic acids is 1. The first-order chi connectivity index (χ1) is 9.86. The summed E-state index contributed by atoms with van der Waals surface area (Å²) in [6.45, 7) is 6.73. The number of carboxylic acid groups (broad SMARTS) is 2. The van der Waals surface area contributed by atoms with Crippen LogP contribution in [-0.4, -0.2) is 64.0 Å². The van der Waals surface area contributed by atoms with Gasteiger partial charge in [0, 0.05) is 20.3 Å². The van der Waals surface area contributed by atoms with Crippen LogP contribution in [0.4, 0.5) is 4.79 Å². The average molecular weight is 312 g/mol. The Labute approximate surface area is 130 Å². The summed E-state index contributed by atoms with van der Waals surface area (Å²) < 4.78 is 0. The molecule has 1 saturated heterocycles. The molecule has 2 atom stereocenters. The predicted octanol–water partition coefficient (Wildman–Crippen LogP) is 1.50. The summed E-state index contributed by atoms with van der Waals surface area (Å²) in [6.07, 6.45) is 0.00996. The molecule has 7 nitrogen and oxygen atoms in total. The maximum absolute atomic E-state index is 12.3. The molecule has 124 valence electrons. The largest absolute Gasteiger partial charge is 0.479 e. The van der Waals surface area contributed by atoms with E-state index in [0.717, 1.165) is 4.90 Å². The second-order valence-electron chi connectivity index (χ2n) is 6.96. The van der Waals surface area contributed by atoms with E-state index in [-0.39, 0.29) is 5.57 Å². The first-order valence-corrected chi connectivity index (χ1v) is 7.02. The number of rotatable bonds is 3. The molecule has 0 aromatic heterocycles. The van der Waals surface area contributed by atoms with Gasteiger partial charge in [0.15, 0.2) is 11.3 Å². The highest BCUT2D eigenvalue weighted by Crippen LogP contribution is 2.46. The lowest BCUT2D eigenvalue weighted by atomic mass is 9.67. The van der Waals surface area contributed by atoms with Crippen molar-refractivity contribution < 1.29 is 24.6 Å². The van der Waals surface area contributed by atoms with E-state index in [1.54, 1.807) is 25.9 Å². The van der Waals surface area contributed by atoms with Crippen LogP contribution in [0.25, 0.3) is 0 Å². The van der Waals surface area contributed by atoms with Gasteiger partial charge >= 0.3 is 12.1 Å². The highest BCUT2D eigenvalue weighted by molar-refractivity contribution is 6.11. The number of carboxylic acids is 1. The van der Waals surface area contributed by atoms with Gasteiger partial charge in [-0.3, -0.25) is 9.69 Å². The fourth-order valence-electron chi connectivity index (χ4n) is 2.87. The van der Waals surface area contributed by atoms with Crippen molar-refractivity contribution >= 4 is 17.8 Å². The number of hydrogen-bond acceptors (Lipinski definition) is 4. The molecule has 0 aromatic carbocycles. The molecule has 0 radical (unpaired) electrons. The lowest BCUT2D eigenvalue weighted by Crippen LogP contribution is -2.60. The minimum atomic E-state index is -1.88. The molecule has 0 spiro atoms. The molecule has 1 rings (SSSR count). The Hall–Kier alpha value is -2.05. The second-order valence-corrected chi connectivity index (χ2v) is 6.96. The molecular formula is C15H24N2O5. The van der Waals surface area contributed by atoms with E-state index in [2.05, 4.69) is 0 Å². The van der Waals surface area contributed by atoms with Gasteiger partial charge in [0.2, 0.25) is 0 Å². The number of hydrogen-bond donors (Lipinski definition) is 2. The molecular weight excluding hydrogens is 288 g/mol. The zero-order chi connectivity index (χ0) is 17.5. The number of likely N-dealkylation sites (tertiary alicyclic amines) is 1. The van der Waals surface area contributed by atoms with Gasteiger partial charge in [-0.25, -0.2) is 9.59 Å². The Kier molecular flexibility index (Phi) is 4.60. The molecule has 0 aromatic rings. The number of nitrogens with zero attached hydrogens (tertiary/aromatic N) is 2. The van der Waals surface area contributed by atoms with Gasteiger partial charge in [-0.15, -0.1) is 0 Å². The molecule has 1 heterocycles. The number of carbonyl (C=O) groups is 3.